The number of sulfonamides is 1. The van der Waals surface area contributed by atoms with E-state index in [1.807, 2.05) is 0 Å². The van der Waals surface area contributed by atoms with Gasteiger partial charge in [0.15, 0.2) is 11.6 Å². The van der Waals surface area contributed by atoms with Crippen LogP contribution in [0.5, 0.6) is 5.75 Å². The van der Waals surface area contributed by atoms with Crippen LogP contribution in [0.2, 0.25) is 0 Å². The summed E-state index contributed by atoms with van der Waals surface area (Å²) >= 11 is 0. The summed E-state index contributed by atoms with van der Waals surface area (Å²) < 4.78 is 46.0. The molecule has 0 amide bonds. The van der Waals surface area contributed by atoms with Crippen molar-refractivity contribution < 1.29 is 22.3 Å². The van der Waals surface area contributed by atoms with E-state index in [-0.39, 0.29) is 16.7 Å². The Kier molecular flexibility index (Phi) is 3.32. The van der Waals surface area contributed by atoms with Crippen LogP contribution >= 0.6 is 0 Å². The van der Waals surface area contributed by atoms with Gasteiger partial charge in [-0.15, -0.1) is 0 Å². The molecule has 7 heteroatoms. The Labute approximate surface area is 98.4 Å². The lowest BCUT2D eigenvalue weighted by Crippen LogP contribution is -2.17. The van der Waals surface area contributed by atoms with E-state index in [1.54, 1.807) is 0 Å². The first kappa shape index (κ1) is 12.3. The van der Waals surface area contributed by atoms with E-state index < -0.39 is 15.8 Å². The molecule has 5 nitrogen and oxygen atoms in total. The van der Waals surface area contributed by atoms with Crippen LogP contribution in [0.4, 0.5) is 4.39 Å². The van der Waals surface area contributed by atoms with Gasteiger partial charge in [0, 0.05) is 6.42 Å². The molecule has 1 aromatic rings. The number of benzene rings is 1. The smallest absolute Gasteiger partial charge is 0.238 e. The normalized spacial score (nSPS) is 20.5. The van der Waals surface area contributed by atoms with Crippen LogP contribution in [0.1, 0.15) is 6.42 Å². The number of hydrogen-bond donors (Lipinski definition) is 1. The first-order valence-electron chi connectivity index (χ1n) is 5.03. The van der Waals surface area contributed by atoms with Crippen LogP contribution in [0.25, 0.3) is 0 Å². The van der Waals surface area contributed by atoms with Gasteiger partial charge in [-0.2, -0.15) is 0 Å². The van der Waals surface area contributed by atoms with E-state index in [0.29, 0.717) is 19.6 Å². The summed E-state index contributed by atoms with van der Waals surface area (Å²) in [6.07, 6.45) is 0.501. The second-order valence-electron chi connectivity index (χ2n) is 3.74. The molecular formula is C10H12FNO4S. The maximum absolute atomic E-state index is 13.5. The minimum atomic E-state index is -3.89. The number of rotatable bonds is 3. The molecule has 1 fully saturated rings. The summed E-state index contributed by atoms with van der Waals surface area (Å²) in [7, 11) is -3.89. The zero-order chi connectivity index (χ0) is 12.5. The number of hydrogen-bond acceptors (Lipinski definition) is 4. The van der Waals surface area contributed by atoms with Gasteiger partial charge >= 0.3 is 0 Å². The summed E-state index contributed by atoms with van der Waals surface area (Å²) in [4.78, 5) is -0.273. The molecule has 2 N–H and O–H groups in total. The van der Waals surface area contributed by atoms with Crippen LogP contribution in [0.15, 0.2) is 23.1 Å². The Balaban J connectivity index is 2.19. The van der Waals surface area contributed by atoms with Crippen molar-refractivity contribution in [1.29, 1.82) is 0 Å². The van der Waals surface area contributed by atoms with Crippen molar-refractivity contribution in [2.24, 2.45) is 5.14 Å². The van der Waals surface area contributed by atoms with Crippen LogP contribution in [0.3, 0.4) is 0 Å². The molecule has 0 radical (unpaired) electrons. The largest absolute Gasteiger partial charge is 0.485 e. The topological polar surface area (TPSA) is 78.6 Å². The summed E-state index contributed by atoms with van der Waals surface area (Å²) in [5.41, 5.74) is 0. The zero-order valence-electron chi connectivity index (χ0n) is 8.93. The van der Waals surface area contributed by atoms with Gasteiger partial charge in [0.1, 0.15) is 6.10 Å². The number of ether oxygens (including phenoxy) is 2. The van der Waals surface area contributed by atoms with Crippen molar-refractivity contribution in [2.75, 3.05) is 13.2 Å². The van der Waals surface area contributed by atoms with Crippen molar-refractivity contribution in [2.45, 2.75) is 17.4 Å². The lowest BCUT2D eigenvalue weighted by atomic mass is 10.3. The van der Waals surface area contributed by atoms with Gasteiger partial charge in [-0.25, -0.2) is 17.9 Å². The maximum atomic E-state index is 13.5. The van der Waals surface area contributed by atoms with Gasteiger partial charge < -0.3 is 9.47 Å². The van der Waals surface area contributed by atoms with Gasteiger partial charge in [-0.05, 0) is 18.2 Å². The lowest BCUT2D eigenvalue weighted by Gasteiger charge is -2.12. The van der Waals surface area contributed by atoms with Crippen molar-refractivity contribution in [3.63, 3.8) is 0 Å². The van der Waals surface area contributed by atoms with Gasteiger partial charge in [-0.1, -0.05) is 0 Å². The summed E-state index contributed by atoms with van der Waals surface area (Å²) in [6.45, 7) is 0.998. The Morgan fingerprint density at radius 1 is 1.47 bits per heavy atom. The fourth-order valence-electron chi connectivity index (χ4n) is 1.54. The Bertz CT molecular complexity index is 511. The number of primary sulfonamides is 1. The molecular weight excluding hydrogens is 249 g/mol. The highest BCUT2D eigenvalue weighted by Crippen LogP contribution is 2.23. The van der Waals surface area contributed by atoms with E-state index in [4.69, 9.17) is 14.6 Å². The molecule has 1 aliphatic heterocycles. The average molecular weight is 261 g/mol. The van der Waals surface area contributed by atoms with Crippen LogP contribution in [-0.4, -0.2) is 27.7 Å². The molecule has 1 aliphatic rings. The highest BCUT2D eigenvalue weighted by molar-refractivity contribution is 7.89. The molecule has 1 saturated heterocycles. The van der Waals surface area contributed by atoms with Gasteiger partial charge in [-0.3, -0.25) is 0 Å². The number of halogens is 1. The van der Waals surface area contributed by atoms with Crippen molar-refractivity contribution in [3.8, 4) is 5.75 Å². The minimum absolute atomic E-state index is 0.00731. The Hall–Kier alpha value is -1.18. The monoisotopic (exact) mass is 261 g/mol. The van der Waals surface area contributed by atoms with Crippen molar-refractivity contribution in [1.82, 2.24) is 0 Å². The average Bonchev–Trinajstić information content (AvgIpc) is 2.72. The molecule has 2 rings (SSSR count). The molecule has 0 aliphatic carbocycles. The standard InChI is InChI=1S/C10H12FNO4S/c11-9-5-8(17(12,13)14)1-2-10(9)16-7-3-4-15-6-7/h1-2,5,7H,3-4,6H2,(H2,12,13,14). The second-order valence-corrected chi connectivity index (χ2v) is 5.30. The van der Waals surface area contributed by atoms with Crippen LogP contribution in [-0.2, 0) is 14.8 Å². The molecule has 0 aromatic heterocycles. The third kappa shape index (κ3) is 2.93. The summed E-state index contributed by atoms with van der Waals surface area (Å²) in [5, 5.41) is 4.88. The molecule has 0 saturated carbocycles. The van der Waals surface area contributed by atoms with Gasteiger partial charge in [0.25, 0.3) is 0 Å². The Morgan fingerprint density at radius 3 is 2.76 bits per heavy atom. The molecule has 0 bridgehead atoms. The van der Waals surface area contributed by atoms with E-state index in [9.17, 15) is 12.8 Å². The molecule has 1 heterocycles. The Morgan fingerprint density at radius 2 is 2.24 bits per heavy atom. The summed E-state index contributed by atoms with van der Waals surface area (Å²) in [6, 6.07) is 3.32. The summed E-state index contributed by atoms with van der Waals surface area (Å²) in [5.74, 6) is -0.740. The maximum Gasteiger partial charge on any atom is 0.238 e. The van der Waals surface area contributed by atoms with E-state index in [2.05, 4.69) is 0 Å². The number of nitrogens with two attached hydrogens (primary N) is 1. The third-order valence-corrected chi connectivity index (χ3v) is 3.32. The SMILES string of the molecule is NS(=O)(=O)c1ccc(OC2CCOC2)c(F)c1. The molecule has 17 heavy (non-hydrogen) atoms. The van der Waals surface area contributed by atoms with E-state index >= 15 is 0 Å². The predicted octanol–water partition coefficient (Wildman–Crippen LogP) is 0.641. The first-order valence-corrected chi connectivity index (χ1v) is 6.58. The van der Waals surface area contributed by atoms with Crippen LogP contribution < -0.4 is 9.88 Å². The molecule has 1 aromatic carbocycles. The van der Waals surface area contributed by atoms with E-state index in [0.717, 1.165) is 6.07 Å². The predicted molar refractivity (Wildman–Crippen MR) is 57.6 cm³/mol. The van der Waals surface area contributed by atoms with Crippen molar-refractivity contribution in [3.05, 3.63) is 24.0 Å². The third-order valence-electron chi connectivity index (χ3n) is 2.41. The molecule has 1 atom stereocenters. The molecule has 94 valence electrons. The lowest BCUT2D eigenvalue weighted by molar-refractivity contribution is 0.138. The van der Waals surface area contributed by atoms with E-state index in [1.165, 1.54) is 12.1 Å². The second kappa shape index (κ2) is 4.59. The van der Waals surface area contributed by atoms with Gasteiger partial charge in [0.05, 0.1) is 18.1 Å². The van der Waals surface area contributed by atoms with Gasteiger partial charge in [0.2, 0.25) is 10.0 Å². The first-order chi connectivity index (χ1) is 7.97. The minimum Gasteiger partial charge on any atom is -0.485 e. The van der Waals surface area contributed by atoms with Crippen molar-refractivity contribution >= 4 is 10.0 Å². The highest BCUT2D eigenvalue weighted by Gasteiger charge is 2.19. The zero-order valence-corrected chi connectivity index (χ0v) is 9.74. The fraction of sp³-hybridized carbons (Fsp3) is 0.400. The van der Waals surface area contributed by atoms with Crippen LogP contribution in [0, 0.1) is 5.82 Å². The molecule has 1 unspecified atom stereocenters. The molecule has 0 spiro atoms. The highest BCUT2D eigenvalue weighted by atomic mass is 32.2. The quantitative estimate of drug-likeness (QED) is 0.866. The fourth-order valence-corrected chi connectivity index (χ4v) is 2.06.